The van der Waals surface area contributed by atoms with E-state index in [1.54, 1.807) is 18.7 Å². The van der Waals surface area contributed by atoms with Crippen molar-refractivity contribution in [1.29, 1.82) is 0 Å². The van der Waals surface area contributed by atoms with Crippen LogP contribution in [0.3, 0.4) is 0 Å². The fourth-order valence-electron chi connectivity index (χ4n) is 2.82. The number of rotatable bonds is 4. The summed E-state index contributed by atoms with van der Waals surface area (Å²) in [5, 5.41) is 3.41. The molecule has 0 aliphatic carbocycles. The first-order valence-corrected chi connectivity index (χ1v) is 7.85. The summed E-state index contributed by atoms with van der Waals surface area (Å²) in [6.07, 6.45) is 5.15. The molecule has 0 bridgehead atoms. The van der Waals surface area contributed by atoms with E-state index in [0.717, 1.165) is 34.8 Å². The molecule has 0 atom stereocenters. The standard InChI is InChI=1S/C19H18N4O/c1-13-4-3-5-14(8-13)10-21-19-22-17-11-20-16(9-18(17)23(19)2)15-6-7-24-12-15/h3-9,11-12H,10H2,1-2H3,(H,21,22). The summed E-state index contributed by atoms with van der Waals surface area (Å²) in [4.78, 5) is 9.11. The lowest BCUT2D eigenvalue weighted by Crippen LogP contribution is -2.05. The van der Waals surface area contributed by atoms with Gasteiger partial charge in [0.05, 0.1) is 29.9 Å². The Hall–Kier alpha value is -3.08. The van der Waals surface area contributed by atoms with Gasteiger partial charge < -0.3 is 14.3 Å². The zero-order valence-electron chi connectivity index (χ0n) is 13.7. The van der Waals surface area contributed by atoms with Crippen LogP contribution >= 0.6 is 0 Å². The van der Waals surface area contributed by atoms with Crippen molar-refractivity contribution in [3.05, 3.63) is 66.2 Å². The predicted octanol–water partition coefficient (Wildman–Crippen LogP) is 4.15. The molecule has 24 heavy (non-hydrogen) atoms. The Morgan fingerprint density at radius 1 is 1.21 bits per heavy atom. The van der Waals surface area contributed by atoms with E-state index >= 15 is 0 Å². The second kappa shape index (κ2) is 5.85. The van der Waals surface area contributed by atoms with Gasteiger partial charge in [0.25, 0.3) is 0 Å². The normalized spacial score (nSPS) is 11.1. The zero-order chi connectivity index (χ0) is 16.5. The van der Waals surface area contributed by atoms with Crippen LogP contribution < -0.4 is 5.32 Å². The molecular formula is C19H18N4O. The number of aryl methyl sites for hydroxylation is 2. The molecule has 0 amide bonds. The van der Waals surface area contributed by atoms with E-state index in [2.05, 4.69) is 51.0 Å². The maximum Gasteiger partial charge on any atom is 0.203 e. The average Bonchev–Trinajstić information content (AvgIpc) is 3.22. The van der Waals surface area contributed by atoms with Gasteiger partial charge in [-0.15, -0.1) is 0 Å². The van der Waals surface area contributed by atoms with Gasteiger partial charge in [-0.2, -0.15) is 0 Å². The molecule has 4 aromatic rings. The van der Waals surface area contributed by atoms with Crippen molar-refractivity contribution in [3.8, 4) is 11.3 Å². The highest BCUT2D eigenvalue weighted by Crippen LogP contribution is 2.24. The van der Waals surface area contributed by atoms with Crippen molar-refractivity contribution >= 4 is 17.0 Å². The average molecular weight is 318 g/mol. The molecule has 4 rings (SSSR count). The van der Waals surface area contributed by atoms with Gasteiger partial charge in [0.2, 0.25) is 5.95 Å². The summed E-state index contributed by atoms with van der Waals surface area (Å²) < 4.78 is 7.19. The SMILES string of the molecule is Cc1cccc(CNc2nc3cnc(-c4ccoc4)cc3n2C)c1. The Bertz CT molecular complexity index is 986. The number of imidazole rings is 1. The van der Waals surface area contributed by atoms with Gasteiger partial charge >= 0.3 is 0 Å². The Kier molecular flexibility index (Phi) is 3.54. The fraction of sp³-hybridized carbons (Fsp3) is 0.158. The second-order valence-electron chi connectivity index (χ2n) is 5.91. The van der Waals surface area contributed by atoms with Gasteiger partial charge in [0.15, 0.2) is 0 Å². The lowest BCUT2D eigenvalue weighted by atomic mass is 10.1. The molecule has 5 nitrogen and oxygen atoms in total. The number of nitrogens with zero attached hydrogens (tertiary/aromatic N) is 3. The maximum atomic E-state index is 5.14. The quantitative estimate of drug-likeness (QED) is 0.614. The molecule has 0 radical (unpaired) electrons. The summed E-state index contributed by atoms with van der Waals surface area (Å²) in [6.45, 7) is 2.84. The van der Waals surface area contributed by atoms with E-state index in [0.29, 0.717) is 0 Å². The van der Waals surface area contributed by atoms with Crippen LogP contribution in [0, 0.1) is 6.92 Å². The predicted molar refractivity (Wildman–Crippen MR) is 94.7 cm³/mol. The van der Waals surface area contributed by atoms with Crippen LogP contribution in [0.5, 0.6) is 0 Å². The molecule has 3 aromatic heterocycles. The van der Waals surface area contributed by atoms with Gasteiger partial charge in [0.1, 0.15) is 5.52 Å². The topological polar surface area (TPSA) is 55.9 Å². The molecule has 0 fully saturated rings. The monoisotopic (exact) mass is 318 g/mol. The third-order valence-electron chi connectivity index (χ3n) is 4.12. The molecule has 0 saturated heterocycles. The van der Waals surface area contributed by atoms with Crippen LogP contribution in [0.2, 0.25) is 0 Å². The first-order chi connectivity index (χ1) is 11.7. The minimum absolute atomic E-state index is 0.737. The molecule has 0 unspecified atom stereocenters. The molecule has 5 heteroatoms. The Labute approximate surface area is 140 Å². The van der Waals surface area contributed by atoms with Gasteiger partial charge in [0, 0.05) is 19.2 Å². The van der Waals surface area contributed by atoms with Crippen molar-refractivity contribution in [1.82, 2.24) is 14.5 Å². The molecule has 3 heterocycles. The number of hydrogen-bond donors (Lipinski definition) is 1. The van der Waals surface area contributed by atoms with Gasteiger partial charge in [-0.3, -0.25) is 4.98 Å². The van der Waals surface area contributed by atoms with Crippen molar-refractivity contribution in [3.63, 3.8) is 0 Å². The number of furan rings is 1. The molecule has 120 valence electrons. The third kappa shape index (κ3) is 2.65. The second-order valence-corrected chi connectivity index (χ2v) is 5.91. The molecule has 0 saturated carbocycles. The smallest absolute Gasteiger partial charge is 0.203 e. The van der Waals surface area contributed by atoms with Crippen LogP contribution in [0.1, 0.15) is 11.1 Å². The van der Waals surface area contributed by atoms with Crippen LogP contribution in [-0.4, -0.2) is 14.5 Å². The van der Waals surface area contributed by atoms with E-state index in [-0.39, 0.29) is 0 Å². The largest absolute Gasteiger partial charge is 0.472 e. The van der Waals surface area contributed by atoms with Crippen molar-refractivity contribution < 1.29 is 4.42 Å². The van der Waals surface area contributed by atoms with E-state index in [4.69, 9.17) is 4.42 Å². The van der Waals surface area contributed by atoms with Crippen LogP contribution in [0.15, 0.2) is 59.5 Å². The number of fused-ring (bicyclic) bond motifs is 1. The first kappa shape index (κ1) is 14.5. The molecule has 0 aliphatic rings. The van der Waals surface area contributed by atoms with Crippen LogP contribution in [0.25, 0.3) is 22.3 Å². The summed E-state index contributed by atoms with van der Waals surface area (Å²) in [7, 11) is 2.01. The molecule has 1 aromatic carbocycles. The van der Waals surface area contributed by atoms with Gasteiger partial charge in [-0.25, -0.2) is 4.98 Å². The number of pyridine rings is 1. The Morgan fingerprint density at radius 3 is 2.92 bits per heavy atom. The van der Waals surface area contributed by atoms with Crippen molar-refractivity contribution in [2.75, 3.05) is 5.32 Å². The summed E-state index contributed by atoms with van der Waals surface area (Å²) in [6, 6.07) is 12.4. The Balaban J connectivity index is 1.63. The van der Waals surface area contributed by atoms with Crippen molar-refractivity contribution in [2.45, 2.75) is 13.5 Å². The fourth-order valence-corrected chi connectivity index (χ4v) is 2.82. The molecule has 0 spiro atoms. The Morgan fingerprint density at radius 2 is 2.12 bits per heavy atom. The summed E-state index contributed by atoms with van der Waals surface area (Å²) in [5.41, 5.74) is 6.24. The molecule has 0 aliphatic heterocycles. The number of anilines is 1. The summed E-state index contributed by atoms with van der Waals surface area (Å²) >= 11 is 0. The number of nitrogens with one attached hydrogen (secondary N) is 1. The lowest BCUT2D eigenvalue weighted by molar-refractivity contribution is 0.568. The highest BCUT2D eigenvalue weighted by molar-refractivity contribution is 5.81. The van der Waals surface area contributed by atoms with Crippen LogP contribution in [-0.2, 0) is 13.6 Å². The van der Waals surface area contributed by atoms with Crippen LogP contribution in [0.4, 0.5) is 5.95 Å². The minimum Gasteiger partial charge on any atom is -0.472 e. The summed E-state index contributed by atoms with van der Waals surface area (Å²) in [5.74, 6) is 0.831. The lowest BCUT2D eigenvalue weighted by Gasteiger charge is -2.07. The zero-order valence-corrected chi connectivity index (χ0v) is 13.7. The minimum atomic E-state index is 0.737. The third-order valence-corrected chi connectivity index (χ3v) is 4.12. The number of hydrogen-bond acceptors (Lipinski definition) is 4. The van der Waals surface area contributed by atoms with E-state index in [1.165, 1.54) is 11.1 Å². The van der Waals surface area contributed by atoms with E-state index in [1.807, 2.05) is 19.2 Å². The van der Waals surface area contributed by atoms with Gasteiger partial charge in [-0.05, 0) is 24.6 Å². The number of benzene rings is 1. The van der Waals surface area contributed by atoms with Crippen molar-refractivity contribution in [2.24, 2.45) is 7.05 Å². The first-order valence-electron chi connectivity index (χ1n) is 7.85. The highest BCUT2D eigenvalue weighted by Gasteiger charge is 2.10. The van der Waals surface area contributed by atoms with Gasteiger partial charge in [-0.1, -0.05) is 29.8 Å². The maximum absolute atomic E-state index is 5.14. The van der Waals surface area contributed by atoms with E-state index in [9.17, 15) is 0 Å². The van der Waals surface area contributed by atoms with E-state index < -0.39 is 0 Å². The highest BCUT2D eigenvalue weighted by atomic mass is 16.3. The molecule has 1 N–H and O–H groups in total. The number of aromatic nitrogens is 3. The molecular weight excluding hydrogens is 300 g/mol.